The SMILES string of the molecule is CC(C)CC(=O)N1CCC(COc2ccc(F)cc2)(CC(=O)N(C)Cc2ccccc2)CC1. The molecule has 2 amide bonds. The average molecular weight is 455 g/mol. The molecule has 0 N–H and O–H groups in total. The minimum absolute atomic E-state index is 0.0588. The van der Waals surface area contributed by atoms with E-state index in [9.17, 15) is 14.0 Å². The quantitative estimate of drug-likeness (QED) is 0.541. The number of carbonyl (C=O) groups excluding carboxylic acids is 2. The van der Waals surface area contributed by atoms with E-state index in [1.54, 1.807) is 17.0 Å². The van der Waals surface area contributed by atoms with Crippen molar-refractivity contribution >= 4 is 11.8 Å². The minimum atomic E-state index is -0.370. The number of piperidine rings is 1. The van der Waals surface area contributed by atoms with Gasteiger partial charge in [-0.05, 0) is 48.6 Å². The number of nitrogens with zero attached hydrogens (tertiary/aromatic N) is 2. The summed E-state index contributed by atoms with van der Waals surface area (Å²) in [6, 6.07) is 15.9. The number of carbonyl (C=O) groups is 2. The second kappa shape index (κ2) is 11.3. The van der Waals surface area contributed by atoms with Crippen LogP contribution in [0.25, 0.3) is 0 Å². The van der Waals surface area contributed by atoms with E-state index in [2.05, 4.69) is 0 Å². The Bertz CT molecular complexity index is 907. The maximum atomic E-state index is 13.3. The number of halogens is 1. The Hall–Kier alpha value is -2.89. The molecule has 1 saturated heterocycles. The molecular formula is C27H35FN2O3. The van der Waals surface area contributed by atoms with Gasteiger partial charge in [0, 0.05) is 44.9 Å². The first-order valence-electron chi connectivity index (χ1n) is 11.7. The standard InChI is InChI=1S/C27H35FN2O3/c1-21(2)17-25(31)30-15-13-27(14-16-30,20-33-24-11-9-23(28)10-12-24)18-26(32)29(3)19-22-7-5-4-6-8-22/h4-12,21H,13-20H2,1-3H3. The topological polar surface area (TPSA) is 49.9 Å². The zero-order chi connectivity index (χ0) is 23.8. The van der Waals surface area contributed by atoms with Crippen LogP contribution in [0, 0.1) is 17.2 Å². The molecule has 0 aliphatic carbocycles. The summed E-state index contributed by atoms with van der Waals surface area (Å²) in [5.41, 5.74) is 0.712. The van der Waals surface area contributed by atoms with E-state index in [4.69, 9.17) is 4.74 Å². The van der Waals surface area contributed by atoms with Crippen molar-refractivity contribution in [3.8, 4) is 5.75 Å². The molecule has 178 valence electrons. The molecule has 5 nitrogen and oxygen atoms in total. The summed E-state index contributed by atoms with van der Waals surface area (Å²) >= 11 is 0. The summed E-state index contributed by atoms with van der Waals surface area (Å²) in [6.45, 7) is 6.24. The van der Waals surface area contributed by atoms with Gasteiger partial charge in [0.05, 0.1) is 6.61 Å². The number of amides is 2. The molecule has 2 aromatic rings. The van der Waals surface area contributed by atoms with Gasteiger partial charge in [0.1, 0.15) is 11.6 Å². The van der Waals surface area contributed by atoms with E-state index in [0.717, 1.165) is 5.56 Å². The molecule has 0 radical (unpaired) electrons. The Labute approximate surface area is 196 Å². The largest absolute Gasteiger partial charge is 0.493 e. The maximum Gasteiger partial charge on any atom is 0.223 e. The number of hydrogen-bond acceptors (Lipinski definition) is 3. The zero-order valence-corrected chi connectivity index (χ0v) is 19.9. The van der Waals surface area contributed by atoms with Gasteiger partial charge in [-0.3, -0.25) is 9.59 Å². The van der Waals surface area contributed by atoms with E-state index >= 15 is 0 Å². The van der Waals surface area contributed by atoms with Gasteiger partial charge in [0.2, 0.25) is 11.8 Å². The second-order valence-electron chi connectivity index (χ2n) is 9.63. The van der Waals surface area contributed by atoms with Crippen molar-refractivity contribution in [2.75, 3.05) is 26.7 Å². The molecule has 1 aliphatic heterocycles. The zero-order valence-electron chi connectivity index (χ0n) is 19.9. The van der Waals surface area contributed by atoms with Crippen molar-refractivity contribution in [3.05, 3.63) is 66.0 Å². The second-order valence-corrected chi connectivity index (χ2v) is 9.63. The lowest BCUT2D eigenvalue weighted by Crippen LogP contribution is -2.47. The molecule has 33 heavy (non-hydrogen) atoms. The Balaban J connectivity index is 1.67. The highest BCUT2D eigenvalue weighted by atomic mass is 19.1. The van der Waals surface area contributed by atoms with Crippen molar-refractivity contribution < 1.29 is 18.7 Å². The summed E-state index contributed by atoms with van der Waals surface area (Å²) in [4.78, 5) is 29.4. The summed E-state index contributed by atoms with van der Waals surface area (Å²) in [7, 11) is 1.82. The van der Waals surface area contributed by atoms with E-state index in [-0.39, 0.29) is 23.0 Å². The smallest absolute Gasteiger partial charge is 0.223 e. The molecule has 1 heterocycles. The summed E-state index contributed by atoms with van der Waals surface area (Å²) in [5, 5.41) is 0. The van der Waals surface area contributed by atoms with Gasteiger partial charge in [0.15, 0.2) is 0 Å². The van der Waals surface area contributed by atoms with Crippen LogP contribution in [0.5, 0.6) is 5.75 Å². The molecule has 0 spiro atoms. The van der Waals surface area contributed by atoms with Crippen molar-refractivity contribution in [1.82, 2.24) is 9.80 Å². The highest BCUT2D eigenvalue weighted by Gasteiger charge is 2.39. The first-order chi connectivity index (χ1) is 15.8. The lowest BCUT2D eigenvalue weighted by Gasteiger charge is -2.42. The van der Waals surface area contributed by atoms with Crippen molar-refractivity contribution in [3.63, 3.8) is 0 Å². The van der Waals surface area contributed by atoms with Gasteiger partial charge in [-0.15, -0.1) is 0 Å². The van der Waals surface area contributed by atoms with Crippen LogP contribution in [0.15, 0.2) is 54.6 Å². The van der Waals surface area contributed by atoms with Gasteiger partial charge in [-0.1, -0.05) is 44.2 Å². The molecule has 0 atom stereocenters. The molecule has 1 aliphatic rings. The third kappa shape index (κ3) is 7.31. The Morgan fingerprint density at radius 2 is 1.70 bits per heavy atom. The van der Waals surface area contributed by atoms with Crippen molar-refractivity contribution in [2.24, 2.45) is 11.3 Å². The van der Waals surface area contributed by atoms with Gasteiger partial charge < -0.3 is 14.5 Å². The predicted molar refractivity (Wildman–Crippen MR) is 127 cm³/mol. The van der Waals surface area contributed by atoms with Crippen LogP contribution in [-0.4, -0.2) is 48.4 Å². The van der Waals surface area contributed by atoms with Crippen LogP contribution < -0.4 is 4.74 Å². The average Bonchev–Trinajstić information content (AvgIpc) is 2.79. The lowest BCUT2D eigenvalue weighted by atomic mass is 9.75. The van der Waals surface area contributed by atoms with E-state index < -0.39 is 0 Å². The fraction of sp³-hybridized carbons (Fsp3) is 0.481. The molecule has 0 aromatic heterocycles. The van der Waals surface area contributed by atoms with E-state index in [0.29, 0.717) is 63.6 Å². The van der Waals surface area contributed by atoms with Crippen LogP contribution in [0.3, 0.4) is 0 Å². The van der Waals surface area contributed by atoms with Crippen LogP contribution in [0.2, 0.25) is 0 Å². The van der Waals surface area contributed by atoms with E-state index in [1.807, 2.05) is 56.1 Å². The lowest BCUT2D eigenvalue weighted by molar-refractivity contribution is -0.138. The molecule has 2 aromatic carbocycles. The third-order valence-electron chi connectivity index (χ3n) is 6.33. The molecule has 0 unspecified atom stereocenters. The van der Waals surface area contributed by atoms with E-state index in [1.165, 1.54) is 12.1 Å². The number of hydrogen-bond donors (Lipinski definition) is 0. The minimum Gasteiger partial charge on any atom is -0.493 e. The monoisotopic (exact) mass is 454 g/mol. The molecule has 6 heteroatoms. The third-order valence-corrected chi connectivity index (χ3v) is 6.33. The first kappa shape index (κ1) is 24.7. The number of ether oxygens (including phenoxy) is 1. The number of likely N-dealkylation sites (tertiary alicyclic amines) is 1. The number of benzene rings is 2. The highest BCUT2D eigenvalue weighted by Crippen LogP contribution is 2.37. The molecule has 3 rings (SSSR count). The summed E-state index contributed by atoms with van der Waals surface area (Å²) in [5.74, 6) is 0.819. The molecule has 0 saturated carbocycles. The highest BCUT2D eigenvalue weighted by molar-refractivity contribution is 5.77. The fourth-order valence-electron chi connectivity index (χ4n) is 4.25. The number of rotatable bonds is 9. The van der Waals surface area contributed by atoms with Gasteiger partial charge >= 0.3 is 0 Å². The maximum absolute atomic E-state index is 13.3. The molecular weight excluding hydrogens is 419 g/mol. The normalized spacial score (nSPS) is 15.4. The molecule has 1 fully saturated rings. The van der Waals surface area contributed by atoms with Crippen LogP contribution in [-0.2, 0) is 16.1 Å². The Morgan fingerprint density at radius 1 is 1.06 bits per heavy atom. The van der Waals surface area contributed by atoms with Crippen LogP contribution in [0.1, 0.15) is 45.1 Å². The first-order valence-corrected chi connectivity index (χ1v) is 11.7. The van der Waals surface area contributed by atoms with Crippen LogP contribution >= 0.6 is 0 Å². The fourth-order valence-corrected chi connectivity index (χ4v) is 4.25. The van der Waals surface area contributed by atoms with Crippen molar-refractivity contribution in [1.29, 1.82) is 0 Å². The Kier molecular flexibility index (Phi) is 8.48. The summed E-state index contributed by atoms with van der Waals surface area (Å²) < 4.78 is 19.3. The van der Waals surface area contributed by atoms with Crippen molar-refractivity contribution in [2.45, 2.75) is 46.1 Å². The van der Waals surface area contributed by atoms with Gasteiger partial charge in [-0.2, -0.15) is 0 Å². The van der Waals surface area contributed by atoms with Crippen LogP contribution in [0.4, 0.5) is 4.39 Å². The Morgan fingerprint density at radius 3 is 2.30 bits per heavy atom. The van der Waals surface area contributed by atoms with Gasteiger partial charge in [0.25, 0.3) is 0 Å². The summed E-state index contributed by atoms with van der Waals surface area (Å²) in [6.07, 6.45) is 2.29. The predicted octanol–water partition coefficient (Wildman–Crippen LogP) is 4.91. The van der Waals surface area contributed by atoms with Gasteiger partial charge in [-0.25, -0.2) is 4.39 Å². The molecule has 0 bridgehead atoms.